The Morgan fingerprint density at radius 2 is 2.21 bits per heavy atom. The molecule has 1 aliphatic rings. The fraction of sp³-hybridized carbons (Fsp3) is 0.600. The Morgan fingerprint density at radius 3 is 2.89 bits per heavy atom. The van der Waals surface area contributed by atoms with Crippen LogP contribution in [0.4, 0.5) is 0 Å². The molecule has 1 atom stereocenters. The smallest absolute Gasteiger partial charge is 0.0471 e. The molecule has 2 nitrogen and oxygen atoms in total. The number of thioether (sulfide) groups is 1. The number of hydrogen-bond donors (Lipinski definition) is 1. The highest BCUT2D eigenvalue weighted by Crippen LogP contribution is 2.33. The Morgan fingerprint density at radius 1 is 1.42 bits per heavy atom. The maximum absolute atomic E-state index is 6.10. The molecule has 1 fully saturated rings. The van der Waals surface area contributed by atoms with Gasteiger partial charge in [-0.2, -0.15) is 11.8 Å². The van der Waals surface area contributed by atoms with Gasteiger partial charge in [-0.15, -0.1) is 0 Å². The molecule has 1 saturated heterocycles. The van der Waals surface area contributed by atoms with Crippen LogP contribution in [0.1, 0.15) is 31.9 Å². The third-order valence-electron chi connectivity index (χ3n) is 3.77. The van der Waals surface area contributed by atoms with E-state index in [0.29, 0.717) is 11.3 Å². The summed E-state index contributed by atoms with van der Waals surface area (Å²) >= 11 is 8.16. The van der Waals surface area contributed by atoms with Gasteiger partial charge in [-0.1, -0.05) is 37.6 Å². The van der Waals surface area contributed by atoms with E-state index in [0.717, 1.165) is 18.1 Å². The first-order valence-corrected chi connectivity index (χ1v) is 8.22. The van der Waals surface area contributed by atoms with Crippen LogP contribution in [0, 0.1) is 0 Å². The zero-order valence-electron chi connectivity index (χ0n) is 11.7. The molecule has 1 aromatic rings. The summed E-state index contributed by atoms with van der Waals surface area (Å²) in [6, 6.07) is 8.39. The molecule has 0 amide bonds. The van der Waals surface area contributed by atoms with Gasteiger partial charge in [-0.3, -0.25) is 4.90 Å². The van der Waals surface area contributed by atoms with Crippen LogP contribution in [0.25, 0.3) is 0 Å². The Balaban J connectivity index is 2.13. The maximum atomic E-state index is 6.10. The first kappa shape index (κ1) is 15.2. The number of rotatable bonds is 3. The molecule has 0 spiro atoms. The Hall–Kier alpha value is -0.220. The highest BCUT2D eigenvalue weighted by atomic mass is 35.5. The molecule has 0 radical (unpaired) electrons. The van der Waals surface area contributed by atoms with E-state index in [1.165, 1.54) is 17.7 Å². The lowest BCUT2D eigenvalue weighted by molar-refractivity contribution is 0.211. The normalized spacial score (nSPS) is 21.9. The second-order valence-corrected chi connectivity index (χ2v) is 7.94. The fourth-order valence-corrected chi connectivity index (χ4v) is 3.87. The van der Waals surface area contributed by atoms with Gasteiger partial charge in [0.05, 0.1) is 0 Å². The van der Waals surface area contributed by atoms with Crippen molar-refractivity contribution in [3.05, 3.63) is 34.9 Å². The zero-order chi connectivity index (χ0) is 13.9. The predicted molar refractivity (Wildman–Crippen MR) is 86.0 cm³/mol. The van der Waals surface area contributed by atoms with Crippen molar-refractivity contribution in [2.45, 2.75) is 31.1 Å². The van der Waals surface area contributed by atoms with Crippen molar-refractivity contribution in [2.75, 3.05) is 25.4 Å². The van der Waals surface area contributed by atoms with Crippen molar-refractivity contribution < 1.29 is 0 Å². The molecule has 0 bridgehead atoms. The lowest BCUT2D eigenvalue weighted by atomic mass is 10.0. The van der Waals surface area contributed by atoms with E-state index < -0.39 is 0 Å². The van der Waals surface area contributed by atoms with Crippen molar-refractivity contribution >= 4 is 23.4 Å². The average Bonchev–Trinajstić information content (AvgIpc) is 2.52. The summed E-state index contributed by atoms with van der Waals surface area (Å²) in [5, 5.41) is 0.792. The summed E-state index contributed by atoms with van der Waals surface area (Å²) in [6.45, 7) is 7.51. The summed E-state index contributed by atoms with van der Waals surface area (Å²) in [5.41, 5.74) is 7.25. The van der Waals surface area contributed by atoms with Gasteiger partial charge in [0.15, 0.2) is 0 Å². The van der Waals surface area contributed by atoms with Gasteiger partial charge in [0.25, 0.3) is 0 Å². The first-order valence-electron chi connectivity index (χ1n) is 6.85. The summed E-state index contributed by atoms with van der Waals surface area (Å²) in [5.74, 6) is 1.17. The molecule has 0 aromatic heterocycles. The number of hydrogen-bond acceptors (Lipinski definition) is 3. The molecule has 19 heavy (non-hydrogen) atoms. The van der Waals surface area contributed by atoms with E-state index in [1.807, 2.05) is 18.2 Å². The Kier molecular flexibility index (Phi) is 5.18. The molecule has 4 heteroatoms. The van der Waals surface area contributed by atoms with E-state index in [1.54, 1.807) is 0 Å². The fourth-order valence-electron chi connectivity index (χ4n) is 2.56. The Bertz CT molecular complexity index is 422. The average molecular weight is 299 g/mol. The van der Waals surface area contributed by atoms with Crippen molar-refractivity contribution in [1.29, 1.82) is 0 Å². The van der Waals surface area contributed by atoms with Crippen LogP contribution >= 0.6 is 23.4 Å². The topological polar surface area (TPSA) is 29.3 Å². The van der Waals surface area contributed by atoms with Crippen LogP contribution in [0.2, 0.25) is 5.02 Å². The van der Waals surface area contributed by atoms with E-state index in [2.05, 4.69) is 36.6 Å². The quantitative estimate of drug-likeness (QED) is 0.925. The summed E-state index contributed by atoms with van der Waals surface area (Å²) < 4.78 is 0.377. The van der Waals surface area contributed by atoms with Gasteiger partial charge in [0.1, 0.15) is 0 Å². The highest BCUT2D eigenvalue weighted by molar-refractivity contribution is 8.00. The number of benzene rings is 1. The molecule has 0 saturated carbocycles. The van der Waals surface area contributed by atoms with Gasteiger partial charge < -0.3 is 5.73 Å². The van der Waals surface area contributed by atoms with E-state index in [-0.39, 0.29) is 6.04 Å². The van der Waals surface area contributed by atoms with E-state index in [9.17, 15) is 0 Å². The lowest BCUT2D eigenvalue weighted by Crippen LogP contribution is -2.35. The molecule has 1 aliphatic heterocycles. The standard InChI is InChI=1S/C15H23ClN2S/c1-15(2)6-7-18(8-9-19-15)14(11-17)12-4-3-5-13(16)10-12/h3-5,10,14H,6-9,11,17H2,1-2H3. The molecule has 106 valence electrons. The van der Waals surface area contributed by atoms with Crippen LogP contribution in [0.5, 0.6) is 0 Å². The minimum atomic E-state index is 0.285. The first-order chi connectivity index (χ1) is 9.02. The largest absolute Gasteiger partial charge is 0.329 e. The summed E-state index contributed by atoms with van der Waals surface area (Å²) in [4.78, 5) is 2.51. The summed E-state index contributed by atoms with van der Waals surface area (Å²) in [7, 11) is 0. The minimum Gasteiger partial charge on any atom is -0.329 e. The van der Waals surface area contributed by atoms with Crippen LogP contribution in [-0.4, -0.2) is 35.0 Å². The van der Waals surface area contributed by atoms with Gasteiger partial charge in [-0.05, 0) is 24.1 Å². The maximum Gasteiger partial charge on any atom is 0.0471 e. The second kappa shape index (κ2) is 6.49. The van der Waals surface area contributed by atoms with Crippen LogP contribution in [-0.2, 0) is 0 Å². The van der Waals surface area contributed by atoms with Crippen LogP contribution in [0.3, 0.4) is 0 Å². The van der Waals surface area contributed by atoms with Crippen molar-refractivity contribution in [2.24, 2.45) is 5.73 Å². The molecular formula is C15H23ClN2S. The molecular weight excluding hydrogens is 276 g/mol. The van der Waals surface area contributed by atoms with Crippen molar-refractivity contribution in [3.8, 4) is 0 Å². The molecule has 2 rings (SSSR count). The van der Waals surface area contributed by atoms with Crippen molar-refractivity contribution in [3.63, 3.8) is 0 Å². The minimum absolute atomic E-state index is 0.285. The van der Waals surface area contributed by atoms with Gasteiger partial charge in [-0.25, -0.2) is 0 Å². The number of nitrogens with zero attached hydrogens (tertiary/aromatic N) is 1. The van der Waals surface area contributed by atoms with Crippen LogP contribution in [0.15, 0.2) is 24.3 Å². The molecule has 0 aliphatic carbocycles. The monoisotopic (exact) mass is 298 g/mol. The highest BCUT2D eigenvalue weighted by Gasteiger charge is 2.27. The van der Waals surface area contributed by atoms with E-state index >= 15 is 0 Å². The van der Waals surface area contributed by atoms with Crippen LogP contribution < -0.4 is 5.73 Å². The third-order valence-corrected chi connectivity index (χ3v) is 5.38. The number of nitrogens with two attached hydrogens (primary N) is 1. The number of halogens is 1. The second-order valence-electron chi connectivity index (χ2n) is 5.70. The molecule has 1 aromatic carbocycles. The van der Waals surface area contributed by atoms with Gasteiger partial charge >= 0.3 is 0 Å². The van der Waals surface area contributed by atoms with Crippen molar-refractivity contribution in [1.82, 2.24) is 4.90 Å². The third kappa shape index (κ3) is 4.12. The molecule has 2 N–H and O–H groups in total. The Labute approximate surface area is 125 Å². The van der Waals surface area contributed by atoms with Gasteiger partial charge in [0, 0.05) is 41.2 Å². The van der Waals surface area contributed by atoms with Gasteiger partial charge in [0.2, 0.25) is 0 Å². The SMILES string of the molecule is CC1(C)CCN(C(CN)c2cccc(Cl)c2)CCS1. The molecule has 1 heterocycles. The predicted octanol–water partition coefficient (Wildman–Crippen LogP) is 3.56. The lowest BCUT2D eigenvalue weighted by Gasteiger charge is -2.30. The molecule has 1 unspecified atom stereocenters. The van der Waals surface area contributed by atoms with E-state index in [4.69, 9.17) is 17.3 Å². The summed E-state index contributed by atoms with van der Waals surface area (Å²) in [6.07, 6.45) is 1.20. The zero-order valence-corrected chi connectivity index (χ0v) is 13.3.